The average Bonchev–Trinajstić information content (AvgIpc) is 2.48. The first-order valence-corrected chi connectivity index (χ1v) is 9.86. The maximum atomic E-state index is 10.8. The first-order chi connectivity index (χ1) is 11.5. The Morgan fingerprint density at radius 1 is 0.720 bits per heavy atom. The highest BCUT2D eigenvalue weighted by Gasteiger charge is 2.26. The third-order valence-corrected chi connectivity index (χ3v) is 5.33. The fraction of sp³-hybridized carbons (Fsp3) is 0.455. The monoisotopic (exact) mass is 358 g/mol. The summed E-state index contributed by atoms with van der Waals surface area (Å²) < 4.78 is 0. The van der Waals surface area contributed by atoms with Gasteiger partial charge in [-0.3, -0.25) is 0 Å². The smallest absolute Gasteiger partial charge is 0.123 e. The van der Waals surface area contributed by atoms with Crippen molar-refractivity contribution in [3.8, 4) is 11.5 Å². The number of thioether (sulfide) groups is 1. The minimum absolute atomic E-state index is 0.0955. The number of aromatic hydroxyl groups is 2. The molecule has 0 saturated carbocycles. The van der Waals surface area contributed by atoms with Gasteiger partial charge in [0.15, 0.2) is 0 Å². The number of benzene rings is 2. The van der Waals surface area contributed by atoms with E-state index < -0.39 is 0 Å². The van der Waals surface area contributed by atoms with Crippen molar-refractivity contribution >= 4 is 11.8 Å². The zero-order chi connectivity index (χ0) is 18.8. The van der Waals surface area contributed by atoms with Crippen LogP contribution < -0.4 is 0 Å². The molecule has 0 aliphatic carbocycles. The molecule has 25 heavy (non-hydrogen) atoms. The lowest BCUT2D eigenvalue weighted by Crippen LogP contribution is -2.17. The van der Waals surface area contributed by atoms with E-state index in [0.717, 1.165) is 22.6 Å². The molecule has 0 radical (unpaired) electrons. The maximum Gasteiger partial charge on any atom is 0.123 e. The summed E-state index contributed by atoms with van der Waals surface area (Å²) in [6.07, 6.45) is 0. The van der Waals surface area contributed by atoms with Crippen LogP contribution in [0.15, 0.2) is 36.4 Å². The Kier molecular flexibility index (Phi) is 5.78. The lowest BCUT2D eigenvalue weighted by atomic mass is 9.78. The summed E-state index contributed by atoms with van der Waals surface area (Å²) in [7, 11) is 0. The molecule has 0 aliphatic heterocycles. The first kappa shape index (κ1) is 19.7. The van der Waals surface area contributed by atoms with Gasteiger partial charge >= 0.3 is 0 Å². The molecule has 0 aromatic heterocycles. The third-order valence-electron chi connectivity index (χ3n) is 4.26. The largest absolute Gasteiger partial charge is 0.508 e. The van der Waals surface area contributed by atoms with Crippen molar-refractivity contribution in [1.82, 2.24) is 0 Å². The van der Waals surface area contributed by atoms with Crippen LogP contribution in [0.1, 0.15) is 63.8 Å². The van der Waals surface area contributed by atoms with Gasteiger partial charge in [-0.05, 0) is 45.2 Å². The Morgan fingerprint density at radius 2 is 1.16 bits per heavy atom. The molecule has 0 bridgehead atoms. The molecule has 3 heteroatoms. The van der Waals surface area contributed by atoms with E-state index in [1.165, 1.54) is 11.1 Å². The Labute approximate surface area is 156 Å². The van der Waals surface area contributed by atoms with E-state index in [1.54, 1.807) is 12.1 Å². The fourth-order valence-electron chi connectivity index (χ4n) is 2.80. The summed E-state index contributed by atoms with van der Waals surface area (Å²) in [5, 5.41) is 20.2. The summed E-state index contributed by atoms with van der Waals surface area (Å²) in [6, 6.07) is 11.7. The van der Waals surface area contributed by atoms with Crippen LogP contribution in [0.3, 0.4) is 0 Å². The summed E-state index contributed by atoms with van der Waals surface area (Å²) in [5.74, 6) is 2.54. The average molecular weight is 359 g/mol. The fourth-order valence-corrected chi connectivity index (χ4v) is 3.73. The van der Waals surface area contributed by atoms with Crippen molar-refractivity contribution in [1.29, 1.82) is 0 Å². The van der Waals surface area contributed by atoms with Crippen LogP contribution in [-0.2, 0) is 22.3 Å². The van der Waals surface area contributed by atoms with E-state index >= 15 is 0 Å². The molecule has 0 spiro atoms. The van der Waals surface area contributed by atoms with E-state index in [2.05, 4.69) is 53.7 Å². The molecule has 0 heterocycles. The predicted molar refractivity (Wildman–Crippen MR) is 109 cm³/mol. The van der Waals surface area contributed by atoms with Gasteiger partial charge in [-0.2, -0.15) is 11.8 Å². The van der Waals surface area contributed by atoms with Gasteiger partial charge in [0.2, 0.25) is 0 Å². The molecule has 0 saturated heterocycles. The topological polar surface area (TPSA) is 40.5 Å². The van der Waals surface area contributed by atoms with E-state index in [-0.39, 0.29) is 10.8 Å². The molecule has 0 amide bonds. The van der Waals surface area contributed by atoms with Crippen LogP contribution >= 0.6 is 11.8 Å². The minimum Gasteiger partial charge on any atom is -0.508 e. The molecule has 2 aromatic carbocycles. The summed E-state index contributed by atoms with van der Waals surface area (Å²) >= 11 is 1.85. The Hall–Kier alpha value is -1.61. The van der Waals surface area contributed by atoms with Crippen molar-refractivity contribution in [2.24, 2.45) is 0 Å². The second-order valence-corrected chi connectivity index (χ2v) is 9.68. The first-order valence-electron chi connectivity index (χ1n) is 8.71. The maximum absolute atomic E-state index is 10.8. The van der Waals surface area contributed by atoms with Gasteiger partial charge in [0.25, 0.3) is 0 Å². The van der Waals surface area contributed by atoms with Crippen molar-refractivity contribution in [3.63, 3.8) is 0 Å². The van der Waals surface area contributed by atoms with E-state index in [9.17, 15) is 10.2 Å². The van der Waals surface area contributed by atoms with Crippen LogP contribution in [0.4, 0.5) is 0 Å². The highest BCUT2D eigenvalue weighted by Crippen LogP contribution is 2.40. The number of hydrogen-bond donors (Lipinski definition) is 2. The van der Waals surface area contributed by atoms with Crippen LogP contribution in [0.2, 0.25) is 0 Å². The second kappa shape index (κ2) is 7.33. The highest BCUT2D eigenvalue weighted by molar-refractivity contribution is 7.97. The number of phenols is 2. The van der Waals surface area contributed by atoms with E-state index in [0.29, 0.717) is 11.5 Å². The molecular weight excluding hydrogens is 328 g/mol. The number of hydrogen-bond acceptors (Lipinski definition) is 3. The molecular formula is C22H30O2S. The number of rotatable bonds is 4. The quantitative estimate of drug-likeness (QED) is 0.691. The standard InChI is InChI=1S/C22H30O2S/c1-21(2,3)18-11-16(12-19(20(18)24)22(4,5)6)14-25-13-15-7-9-17(23)10-8-15/h7-12,23-24H,13-14H2,1-6H3. The van der Waals surface area contributed by atoms with Crippen molar-refractivity contribution in [2.75, 3.05) is 0 Å². The van der Waals surface area contributed by atoms with Gasteiger partial charge in [0.1, 0.15) is 11.5 Å². The third kappa shape index (κ3) is 5.18. The number of phenolic OH excluding ortho intramolecular Hbond substituents is 2. The molecule has 136 valence electrons. The summed E-state index contributed by atoms with van der Waals surface area (Å²) in [6.45, 7) is 12.8. The highest BCUT2D eigenvalue weighted by atomic mass is 32.2. The van der Waals surface area contributed by atoms with Gasteiger partial charge in [0, 0.05) is 11.5 Å². The molecule has 2 aromatic rings. The molecule has 2 rings (SSSR count). The molecule has 2 N–H and O–H groups in total. The van der Waals surface area contributed by atoms with Crippen LogP contribution in [-0.4, -0.2) is 10.2 Å². The van der Waals surface area contributed by atoms with Gasteiger partial charge in [-0.25, -0.2) is 0 Å². The molecule has 0 aliphatic rings. The Bertz CT molecular complexity index is 684. The van der Waals surface area contributed by atoms with E-state index in [1.807, 2.05) is 23.9 Å². The van der Waals surface area contributed by atoms with Crippen LogP contribution in [0.5, 0.6) is 11.5 Å². The van der Waals surface area contributed by atoms with Crippen molar-refractivity contribution in [3.05, 3.63) is 58.7 Å². The van der Waals surface area contributed by atoms with Crippen LogP contribution in [0, 0.1) is 0 Å². The van der Waals surface area contributed by atoms with Crippen LogP contribution in [0.25, 0.3) is 0 Å². The van der Waals surface area contributed by atoms with Gasteiger partial charge in [0.05, 0.1) is 0 Å². The van der Waals surface area contributed by atoms with Crippen molar-refractivity contribution < 1.29 is 10.2 Å². The Balaban J connectivity index is 2.23. The molecule has 0 fully saturated rings. The molecule has 2 nitrogen and oxygen atoms in total. The molecule has 0 atom stereocenters. The van der Waals surface area contributed by atoms with Gasteiger partial charge in [-0.1, -0.05) is 65.8 Å². The minimum atomic E-state index is -0.0955. The molecule has 0 unspecified atom stereocenters. The zero-order valence-corrected chi connectivity index (χ0v) is 17.0. The van der Waals surface area contributed by atoms with E-state index in [4.69, 9.17) is 0 Å². The normalized spacial score (nSPS) is 12.4. The lowest BCUT2D eigenvalue weighted by molar-refractivity contribution is 0.423. The second-order valence-electron chi connectivity index (χ2n) is 8.70. The Morgan fingerprint density at radius 3 is 1.60 bits per heavy atom. The lowest BCUT2D eigenvalue weighted by Gasteiger charge is -2.28. The zero-order valence-electron chi connectivity index (χ0n) is 16.2. The predicted octanol–water partition coefficient (Wildman–Crippen LogP) is 6.13. The summed E-state index contributed by atoms with van der Waals surface area (Å²) in [5.41, 5.74) is 4.29. The van der Waals surface area contributed by atoms with Gasteiger partial charge in [-0.15, -0.1) is 0 Å². The van der Waals surface area contributed by atoms with Gasteiger partial charge < -0.3 is 10.2 Å². The van der Waals surface area contributed by atoms with Crippen molar-refractivity contribution in [2.45, 2.75) is 63.9 Å². The SMILES string of the molecule is CC(C)(C)c1cc(CSCc2ccc(O)cc2)cc(C(C)(C)C)c1O. The summed E-state index contributed by atoms with van der Waals surface area (Å²) in [4.78, 5) is 0.